The summed E-state index contributed by atoms with van der Waals surface area (Å²) in [5.74, 6) is 0. The van der Waals surface area contributed by atoms with E-state index in [-0.39, 0.29) is 0 Å². The van der Waals surface area contributed by atoms with E-state index in [0.29, 0.717) is 0 Å². The fourth-order valence-corrected chi connectivity index (χ4v) is 1.61. The van der Waals surface area contributed by atoms with Crippen molar-refractivity contribution in [1.82, 2.24) is 9.88 Å². The molecule has 1 aliphatic rings. The third-order valence-corrected chi connectivity index (χ3v) is 2.42. The average Bonchev–Trinajstić information content (AvgIpc) is 2.29. The monoisotopic (exact) mass is 189 g/mol. The van der Waals surface area contributed by atoms with Crippen LogP contribution in [0.3, 0.4) is 0 Å². The zero-order chi connectivity index (χ0) is 9.64. The Bertz CT molecular complexity index is 289. The molecule has 0 spiro atoms. The van der Waals surface area contributed by atoms with Crippen LogP contribution in [0.5, 0.6) is 0 Å². The van der Waals surface area contributed by atoms with E-state index < -0.39 is 0 Å². The SMILES string of the molecule is C(=Nc1ccncc1)N1CCCCC1. The molecule has 0 atom stereocenters. The zero-order valence-corrected chi connectivity index (χ0v) is 8.26. The Labute approximate surface area is 84.5 Å². The molecule has 74 valence electrons. The highest BCUT2D eigenvalue weighted by Crippen LogP contribution is 2.10. The predicted octanol–water partition coefficient (Wildman–Crippen LogP) is 2.23. The summed E-state index contributed by atoms with van der Waals surface area (Å²) in [6.07, 6.45) is 9.44. The van der Waals surface area contributed by atoms with Crippen LogP contribution in [0.1, 0.15) is 19.3 Å². The molecule has 1 aliphatic heterocycles. The van der Waals surface area contributed by atoms with Crippen molar-refractivity contribution in [3.63, 3.8) is 0 Å². The van der Waals surface area contributed by atoms with E-state index in [1.807, 2.05) is 18.5 Å². The molecule has 0 saturated carbocycles. The first-order valence-corrected chi connectivity index (χ1v) is 5.13. The lowest BCUT2D eigenvalue weighted by molar-refractivity contribution is 0.351. The molecular formula is C11H15N3. The quantitative estimate of drug-likeness (QED) is 0.527. The number of aliphatic imine (C=N–C) groups is 1. The van der Waals surface area contributed by atoms with E-state index in [1.54, 1.807) is 12.4 Å². The van der Waals surface area contributed by atoms with Crippen molar-refractivity contribution in [2.45, 2.75) is 19.3 Å². The zero-order valence-electron chi connectivity index (χ0n) is 8.26. The lowest BCUT2D eigenvalue weighted by atomic mass is 10.1. The molecule has 2 rings (SSSR count). The van der Waals surface area contributed by atoms with Gasteiger partial charge in [0.2, 0.25) is 0 Å². The van der Waals surface area contributed by atoms with Crippen LogP contribution < -0.4 is 0 Å². The van der Waals surface area contributed by atoms with Crippen LogP contribution in [-0.2, 0) is 0 Å². The molecule has 14 heavy (non-hydrogen) atoms. The molecule has 0 N–H and O–H groups in total. The van der Waals surface area contributed by atoms with E-state index in [0.717, 1.165) is 18.8 Å². The van der Waals surface area contributed by atoms with Gasteiger partial charge in [-0.1, -0.05) is 0 Å². The Morgan fingerprint density at radius 3 is 2.57 bits per heavy atom. The van der Waals surface area contributed by atoms with Crippen molar-refractivity contribution < 1.29 is 0 Å². The summed E-state index contributed by atoms with van der Waals surface area (Å²) in [7, 11) is 0. The maximum absolute atomic E-state index is 4.39. The van der Waals surface area contributed by atoms with Gasteiger partial charge in [-0.25, -0.2) is 4.99 Å². The third-order valence-electron chi connectivity index (χ3n) is 2.42. The molecule has 0 amide bonds. The Morgan fingerprint density at radius 1 is 1.14 bits per heavy atom. The molecular weight excluding hydrogens is 174 g/mol. The minimum atomic E-state index is 0.977. The molecule has 1 fully saturated rings. The van der Waals surface area contributed by atoms with Crippen LogP contribution in [0.2, 0.25) is 0 Å². The molecule has 3 heteroatoms. The highest BCUT2D eigenvalue weighted by molar-refractivity contribution is 5.60. The third kappa shape index (κ3) is 2.55. The minimum Gasteiger partial charge on any atom is -0.363 e. The molecule has 3 nitrogen and oxygen atoms in total. The molecule has 0 aliphatic carbocycles. The van der Waals surface area contributed by atoms with Crippen LogP contribution in [0.4, 0.5) is 5.69 Å². The van der Waals surface area contributed by atoms with Crippen molar-refractivity contribution in [3.05, 3.63) is 24.5 Å². The topological polar surface area (TPSA) is 28.5 Å². The van der Waals surface area contributed by atoms with Gasteiger partial charge in [0.1, 0.15) is 0 Å². The van der Waals surface area contributed by atoms with Crippen LogP contribution >= 0.6 is 0 Å². The van der Waals surface area contributed by atoms with Crippen molar-refractivity contribution in [1.29, 1.82) is 0 Å². The Balaban J connectivity index is 1.93. The largest absolute Gasteiger partial charge is 0.363 e. The van der Waals surface area contributed by atoms with Gasteiger partial charge in [-0.15, -0.1) is 0 Å². The lowest BCUT2D eigenvalue weighted by Gasteiger charge is -2.23. The molecule has 1 saturated heterocycles. The van der Waals surface area contributed by atoms with Gasteiger partial charge in [0.05, 0.1) is 12.0 Å². The van der Waals surface area contributed by atoms with Crippen molar-refractivity contribution >= 4 is 12.0 Å². The summed E-state index contributed by atoms with van der Waals surface area (Å²) in [5, 5.41) is 0. The highest BCUT2D eigenvalue weighted by Gasteiger charge is 2.05. The van der Waals surface area contributed by atoms with E-state index >= 15 is 0 Å². The van der Waals surface area contributed by atoms with E-state index in [4.69, 9.17) is 0 Å². The van der Waals surface area contributed by atoms with Gasteiger partial charge < -0.3 is 4.90 Å². The number of hydrogen-bond acceptors (Lipinski definition) is 2. The Morgan fingerprint density at radius 2 is 1.86 bits per heavy atom. The van der Waals surface area contributed by atoms with Gasteiger partial charge in [0, 0.05) is 25.5 Å². The molecule has 1 aromatic heterocycles. The van der Waals surface area contributed by atoms with E-state index in [1.165, 1.54) is 19.3 Å². The summed E-state index contributed by atoms with van der Waals surface area (Å²) in [6.45, 7) is 2.29. The smallest absolute Gasteiger partial charge is 0.0912 e. The van der Waals surface area contributed by atoms with Gasteiger partial charge in [-0.05, 0) is 31.4 Å². The summed E-state index contributed by atoms with van der Waals surface area (Å²) in [6, 6.07) is 3.83. The minimum absolute atomic E-state index is 0.977. The second-order valence-corrected chi connectivity index (χ2v) is 3.55. The van der Waals surface area contributed by atoms with E-state index in [9.17, 15) is 0 Å². The second-order valence-electron chi connectivity index (χ2n) is 3.55. The van der Waals surface area contributed by atoms with Gasteiger partial charge in [0.25, 0.3) is 0 Å². The maximum Gasteiger partial charge on any atom is 0.0912 e. The lowest BCUT2D eigenvalue weighted by Crippen LogP contribution is -2.27. The number of rotatable bonds is 2. The van der Waals surface area contributed by atoms with E-state index in [2.05, 4.69) is 14.9 Å². The van der Waals surface area contributed by atoms with Crippen LogP contribution in [-0.4, -0.2) is 29.3 Å². The normalized spacial score (nSPS) is 17.6. The Kier molecular flexibility index (Phi) is 3.11. The first-order valence-electron chi connectivity index (χ1n) is 5.13. The fraction of sp³-hybridized carbons (Fsp3) is 0.455. The summed E-state index contributed by atoms with van der Waals surface area (Å²) >= 11 is 0. The molecule has 0 bridgehead atoms. The number of hydrogen-bond donors (Lipinski definition) is 0. The van der Waals surface area contributed by atoms with Gasteiger partial charge in [-0.2, -0.15) is 0 Å². The van der Waals surface area contributed by atoms with Crippen molar-refractivity contribution in [2.24, 2.45) is 4.99 Å². The van der Waals surface area contributed by atoms with Gasteiger partial charge in [-0.3, -0.25) is 4.98 Å². The standard InChI is InChI=1S/C11H15N3/c1-2-8-14(9-3-1)10-13-11-4-6-12-7-5-11/h4-7,10H,1-3,8-9H2. The predicted molar refractivity (Wildman–Crippen MR) is 57.8 cm³/mol. The molecule has 0 unspecified atom stereocenters. The first kappa shape index (κ1) is 9.19. The van der Waals surface area contributed by atoms with Crippen molar-refractivity contribution in [2.75, 3.05) is 13.1 Å². The average molecular weight is 189 g/mol. The number of nitrogens with zero attached hydrogens (tertiary/aromatic N) is 3. The summed E-state index contributed by atoms with van der Waals surface area (Å²) in [5.41, 5.74) is 0.977. The summed E-state index contributed by atoms with van der Waals surface area (Å²) < 4.78 is 0. The summed E-state index contributed by atoms with van der Waals surface area (Å²) in [4.78, 5) is 10.6. The molecule has 1 aromatic rings. The molecule has 2 heterocycles. The van der Waals surface area contributed by atoms with Crippen molar-refractivity contribution in [3.8, 4) is 0 Å². The van der Waals surface area contributed by atoms with Gasteiger partial charge >= 0.3 is 0 Å². The Hall–Kier alpha value is -1.38. The number of piperidine rings is 1. The van der Waals surface area contributed by atoms with Gasteiger partial charge in [0.15, 0.2) is 0 Å². The van der Waals surface area contributed by atoms with Crippen LogP contribution in [0, 0.1) is 0 Å². The number of pyridine rings is 1. The molecule has 0 aromatic carbocycles. The maximum atomic E-state index is 4.39. The molecule has 0 radical (unpaired) electrons. The number of likely N-dealkylation sites (tertiary alicyclic amines) is 1. The number of aromatic nitrogens is 1. The van der Waals surface area contributed by atoms with Crippen LogP contribution in [0.15, 0.2) is 29.5 Å². The first-order chi connectivity index (χ1) is 6.95. The highest BCUT2D eigenvalue weighted by atomic mass is 15.1. The second kappa shape index (κ2) is 4.74. The van der Waals surface area contributed by atoms with Crippen LogP contribution in [0.25, 0.3) is 0 Å². The fourth-order valence-electron chi connectivity index (χ4n) is 1.61.